The number of hydrogen-bond donors (Lipinski definition) is 3. The zero-order valence-corrected chi connectivity index (χ0v) is 7.95. The van der Waals surface area contributed by atoms with Gasteiger partial charge in [-0.3, -0.25) is 10.2 Å². The molecule has 0 amide bonds. The number of nitrogen functional groups attached to an aromatic ring is 1. The lowest BCUT2D eigenvalue weighted by Gasteiger charge is -2.05. The maximum absolute atomic E-state index is 11.5. The lowest BCUT2D eigenvalue weighted by molar-refractivity contribution is 0.0968. The van der Waals surface area contributed by atoms with E-state index in [0.717, 1.165) is 0 Å². The minimum Gasteiger partial charge on any atom is -0.384 e. The van der Waals surface area contributed by atoms with E-state index >= 15 is 0 Å². The minimum atomic E-state index is -0.530. The number of rotatable bonds is 3. The van der Waals surface area contributed by atoms with E-state index in [1.807, 2.05) is 0 Å². The van der Waals surface area contributed by atoms with Gasteiger partial charge in [-0.05, 0) is 13.0 Å². The van der Waals surface area contributed by atoms with E-state index < -0.39 is 6.04 Å². The summed E-state index contributed by atoms with van der Waals surface area (Å²) in [7, 11) is 0. The molecule has 0 radical (unpaired) electrons. The molecule has 1 aromatic carbocycles. The molecule has 0 aromatic heterocycles. The first kappa shape index (κ1) is 10.4. The first-order chi connectivity index (χ1) is 6.52. The van der Waals surface area contributed by atoms with Gasteiger partial charge in [0.05, 0.1) is 6.04 Å². The molecule has 5 N–H and O–H groups in total. The number of carbonyl (C=O) groups is 1. The van der Waals surface area contributed by atoms with Crippen molar-refractivity contribution in [2.75, 3.05) is 0 Å². The Bertz CT molecular complexity index is 371. The van der Waals surface area contributed by atoms with E-state index in [1.165, 1.54) is 0 Å². The van der Waals surface area contributed by atoms with Crippen LogP contribution in [0.15, 0.2) is 24.3 Å². The molecular formula is C10H13N3O. The van der Waals surface area contributed by atoms with Gasteiger partial charge in [-0.25, -0.2) is 0 Å². The molecule has 0 bridgehead atoms. The smallest absolute Gasteiger partial charge is 0.179 e. The van der Waals surface area contributed by atoms with Gasteiger partial charge in [-0.2, -0.15) is 0 Å². The highest BCUT2D eigenvalue weighted by molar-refractivity contribution is 6.02. The molecule has 0 saturated carbocycles. The second-order valence-corrected chi connectivity index (χ2v) is 3.15. The van der Waals surface area contributed by atoms with E-state index in [-0.39, 0.29) is 11.6 Å². The highest BCUT2D eigenvalue weighted by atomic mass is 16.1. The van der Waals surface area contributed by atoms with Gasteiger partial charge in [0.25, 0.3) is 0 Å². The van der Waals surface area contributed by atoms with Crippen molar-refractivity contribution in [1.82, 2.24) is 0 Å². The van der Waals surface area contributed by atoms with Crippen molar-refractivity contribution in [3.8, 4) is 0 Å². The van der Waals surface area contributed by atoms with Crippen LogP contribution in [0.25, 0.3) is 0 Å². The lowest BCUT2D eigenvalue weighted by atomic mass is 10.0. The van der Waals surface area contributed by atoms with Gasteiger partial charge in [-0.1, -0.05) is 18.2 Å². The van der Waals surface area contributed by atoms with E-state index in [0.29, 0.717) is 11.1 Å². The Kier molecular flexibility index (Phi) is 2.99. The Balaban J connectivity index is 3.06. The molecule has 1 aromatic rings. The highest BCUT2D eigenvalue weighted by Crippen LogP contribution is 2.06. The number of hydrogen-bond acceptors (Lipinski definition) is 3. The molecule has 0 aliphatic heterocycles. The molecule has 4 heteroatoms. The topological polar surface area (TPSA) is 93.0 Å². The Labute approximate surface area is 82.4 Å². The largest absolute Gasteiger partial charge is 0.384 e. The summed E-state index contributed by atoms with van der Waals surface area (Å²) in [5, 5.41) is 7.22. The fourth-order valence-corrected chi connectivity index (χ4v) is 1.10. The maximum atomic E-state index is 11.5. The Morgan fingerprint density at radius 3 is 2.50 bits per heavy atom. The summed E-state index contributed by atoms with van der Waals surface area (Å²) in [6.45, 7) is 1.63. The third kappa shape index (κ3) is 2.17. The van der Waals surface area contributed by atoms with Crippen LogP contribution in [0, 0.1) is 5.41 Å². The fraction of sp³-hybridized carbons (Fsp3) is 0.200. The first-order valence-corrected chi connectivity index (χ1v) is 4.26. The molecule has 0 aliphatic rings. The SMILES string of the molecule is C[C@H](N)C(=O)c1cccc(C(=N)N)c1. The molecule has 0 saturated heterocycles. The molecule has 74 valence electrons. The van der Waals surface area contributed by atoms with Gasteiger partial charge in [0.1, 0.15) is 5.84 Å². The summed E-state index contributed by atoms with van der Waals surface area (Å²) in [5.41, 5.74) is 11.8. The van der Waals surface area contributed by atoms with Crippen LogP contribution in [0.5, 0.6) is 0 Å². The zero-order valence-electron chi connectivity index (χ0n) is 7.95. The quantitative estimate of drug-likeness (QED) is 0.369. The molecule has 0 spiro atoms. The molecule has 1 atom stereocenters. The van der Waals surface area contributed by atoms with E-state index in [1.54, 1.807) is 31.2 Å². The molecule has 0 fully saturated rings. The van der Waals surface area contributed by atoms with Crippen molar-refractivity contribution in [1.29, 1.82) is 5.41 Å². The first-order valence-electron chi connectivity index (χ1n) is 4.26. The van der Waals surface area contributed by atoms with Gasteiger partial charge in [0.15, 0.2) is 5.78 Å². The summed E-state index contributed by atoms with van der Waals surface area (Å²) in [6.07, 6.45) is 0. The molecule has 0 unspecified atom stereocenters. The van der Waals surface area contributed by atoms with E-state index in [2.05, 4.69) is 0 Å². The average molecular weight is 191 g/mol. The number of Topliss-reactive ketones (excluding diaryl/α,β-unsaturated/α-hetero) is 1. The Hall–Kier alpha value is -1.68. The van der Waals surface area contributed by atoms with Crippen molar-refractivity contribution >= 4 is 11.6 Å². The molecule has 0 heterocycles. The summed E-state index contributed by atoms with van der Waals surface area (Å²) in [5.74, 6) is -0.197. The van der Waals surface area contributed by atoms with Gasteiger partial charge in [0.2, 0.25) is 0 Å². The summed E-state index contributed by atoms with van der Waals surface area (Å²) in [6, 6.07) is 6.08. The minimum absolute atomic E-state index is 0.0516. The third-order valence-electron chi connectivity index (χ3n) is 1.87. The Morgan fingerprint density at radius 2 is 2.00 bits per heavy atom. The number of ketones is 1. The van der Waals surface area contributed by atoms with E-state index in [4.69, 9.17) is 16.9 Å². The standard InChI is InChI=1S/C10H13N3O/c1-6(11)9(14)7-3-2-4-8(5-7)10(12)13/h2-6H,11H2,1H3,(H3,12,13)/t6-/m0/s1. The van der Waals surface area contributed by atoms with Crippen LogP contribution in [0.4, 0.5) is 0 Å². The molecule has 1 rings (SSSR count). The van der Waals surface area contributed by atoms with Crippen LogP contribution in [0.2, 0.25) is 0 Å². The number of nitrogens with one attached hydrogen (secondary N) is 1. The van der Waals surface area contributed by atoms with Crippen LogP contribution in [-0.2, 0) is 0 Å². The Morgan fingerprint density at radius 1 is 1.43 bits per heavy atom. The van der Waals surface area contributed by atoms with Crippen LogP contribution < -0.4 is 11.5 Å². The normalized spacial score (nSPS) is 12.1. The van der Waals surface area contributed by atoms with Gasteiger partial charge < -0.3 is 11.5 Å². The second-order valence-electron chi connectivity index (χ2n) is 3.15. The zero-order chi connectivity index (χ0) is 10.7. The van der Waals surface area contributed by atoms with Crippen LogP contribution >= 0.6 is 0 Å². The average Bonchev–Trinajstić information content (AvgIpc) is 2.16. The predicted molar refractivity (Wildman–Crippen MR) is 55.4 cm³/mol. The summed E-state index contributed by atoms with van der Waals surface area (Å²) >= 11 is 0. The number of amidine groups is 1. The van der Waals surface area contributed by atoms with Crippen LogP contribution in [0.3, 0.4) is 0 Å². The number of carbonyl (C=O) groups excluding carboxylic acids is 1. The second kappa shape index (κ2) is 4.02. The predicted octanol–water partition coefficient (Wildman–Crippen LogP) is 0.501. The van der Waals surface area contributed by atoms with Gasteiger partial charge in [-0.15, -0.1) is 0 Å². The van der Waals surface area contributed by atoms with Gasteiger partial charge in [0, 0.05) is 11.1 Å². The summed E-state index contributed by atoms with van der Waals surface area (Å²) < 4.78 is 0. The molecule has 4 nitrogen and oxygen atoms in total. The molecular weight excluding hydrogens is 178 g/mol. The van der Waals surface area contributed by atoms with Crippen molar-refractivity contribution in [3.05, 3.63) is 35.4 Å². The molecule has 14 heavy (non-hydrogen) atoms. The maximum Gasteiger partial charge on any atom is 0.179 e. The fourth-order valence-electron chi connectivity index (χ4n) is 1.10. The number of benzene rings is 1. The lowest BCUT2D eigenvalue weighted by Crippen LogP contribution is -2.27. The van der Waals surface area contributed by atoms with Crippen LogP contribution in [-0.4, -0.2) is 17.7 Å². The van der Waals surface area contributed by atoms with Crippen molar-refractivity contribution in [2.24, 2.45) is 11.5 Å². The van der Waals surface area contributed by atoms with E-state index in [9.17, 15) is 4.79 Å². The van der Waals surface area contributed by atoms with Crippen molar-refractivity contribution < 1.29 is 4.79 Å². The highest BCUT2D eigenvalue weighted by Gasteiger charge is 2.11. The summed E-state index contributed by atoms with van der Waals surface area (Å²) in [4.78, 5) is 11.5. The third-order valence-corrected chi connectivity index (χ3v) is 1.87. The number of nitrogens with two attached hydrogens (primary N) is 2. The van der Waals surface area contributed by atoms with Crippen molar-refractivity contribution in [2.45, 2.75) is 13.0 Å². The molecule has 0 aliphatic carbocycles. The van der Waals surface area contributed by atoms with Crippen LogP contribution in [0.1, 0.15) is 22.8 Å². The van der Waals surface area contributed by atoms with Gasteiger partial charge >= 0.3 is 0 Å². The monoisotopic (exact) mass is 191 g/mol. The van der Waals surface area contributed by atoms with Crippen molar-refractivity contribution in [3.63, 3.8) is 0 Å².